The number of nitrogens with zero attached hydrogens (tertiary/aromatic N) is 2. The number of anilines is 2. The van der Waals surface area contributed by atoms with Crippen molar-refractivity contribution in [1.82, 2.24) is 9.97 Å². The standard InChI is InChI=1S/C15H17ClN4O/c1-3-10(2)19-14-9-17-13(8-18-14)15(21)20-12-6-4-11(16)5-7-12/h4-10H,3H2,1-2H3,(H,18,19)(H,20,21). The van der Waals surface area contributed by atoms with Crippen molar-refractivity contribution in [3.63, 3.8) is 0 Å². The third-order valence-corrected chi connectivity index (χ3v) is 3.25. The molecule has 0 aliphatic carbocycles. The van der Waals surface area contributed by atoms with Crippen LogP contribution < -0.4 is 10.6 Å². The average molecular weight is 305 g/mol. The molecule has 2 rings (SSSR count). The Morgan fingerprint density at radius 1 is 1.24 bits per heavy atom. The van der Waals surface area contributed by atoms with Crippen molar-refractivity contribution < 1.29 is 4.79 Å². The summed E-state index contributed by atoms with van der Waals surface area (Å²) < 4.78 is 0. The van der Waals surface area contributed by atoms with E-state index in [0.29, 0.717) is 22.6 Å². The van der Waals surface area contributed by atoms with Crippen LogP contribution in [-0.4, -0.2) is 21.9 Å². The van der Waals surface area contributed by atoms with Gasteiger partial charge < -0.3 is 10.6 Å². The van der Waals surface area contributed by atoms with Crippen LogP contribution in [0.15, 0.2) is 36.7 Å². The number of hydrogen-bond donors (Lipinski definition) is 2. The lowest BCUT2D eigenvalue weighted by molar-refractivity contribution is 0.102. The Labute approximate surface area is 128 Å². The second-order valence-corrected chi connectivity index (χ2v) is 5.14. The van der Waals surface area contributed by atoms with E-state index in [4.69, 9.17) is 11.6 Å². The van der Waals surface area contributed by atoms with Gasteiger partial charge >= 0.3 is 0 Å². The summed E-state index contributed by atoms with van der Waals surface area (Å²) in [5.74, 6) is 0.354. The summed E-state index contributed by atoms with van der Waals surface area (Å²) in [6.45, 7) is 4.14. The normalized spacial score (nSPS) is 11.8. The van der Waals surface area contributed by atoms with Crippen LogP contribution in [0.1, 0.15) is 30.8 Å². The predicted octanol–water partition coefficient (Wildman–Crippen LogP) is 3.59. The minimum absolute atomic E-state index is 0.264. The molecule has 0 bridgehead atoms. The Morgan fingerprint density at radius 2 is 1.95 bits per heavy atom. The maximum Gasteiger partial charge on any atom is 0.275 e. The van der Waals surface area contributed by atoms with Gasteiger partial charge in [-0.25, -0.2) is 9.97 Å². The van der Waals surface area contributed by atoms with Crippen molar-refractivity contribution in [2.24, 2.45) is 0 Å². The Balaban J connectivity index is 2.01. The zero-order chi connectivity index (χ0) is 15.2. The Kier molecular flexibility index (Phi) is 5.11. The van der Waals surface area contributed by atoms with Gasteiger partial charge in [0.1, 0.15) is 11.5 Å². The van der Waals surface area contributed by atoms with Gasteiger partial charge in [-0.05, 0) is 37.6 Å². The number of benzene rings is 1. The van der Waals surface area contributed by atoms with E-state index < -0.39 is 0 Å². The van der Waals surface area contributed by atoms with Crippen LogP contribution in [-0.2, 0) is 0 Å². The third kappa shape index (κ3) is 4.43. The van der Waals surface area contributed by atoms with Crippen LogP contribution in [0, 0.1) is 0 Å². The van der Waals surface area contributed by atoms with E-state index in [1.165, 1.54) is 6.20 Å². The fraction of sp³-hybridized carbons (Fsp3) is 0.267. The van der Waals surface area contributed by atoms with Crippen molar-refractivity contribution in [2.75, 3.05) is 10.6 Å². The average Bonchev–Trinajstić information content (AvgIpc) is 2.50. The molecule has 1 amide bonds. The lowest BCUT2D eigenvalue weighted by Crippen LogP contribution is -2.17. The van der Waals surface area contributed by atoms with Gasteiger partial charge in [-0.15, -0.1) is 0 Å². The molecule has 0 saturated carbocycles. The maximum absolute atomic E-state index is 12.0. The first-order valence-electron chi connectivity index (χ1n) is 6.74. The predicted molar refractivity (Wildman–Crippen MR) is 84.8 cm³/mol. The fourth-order valence-corrected chi connectivity index (χ4v) is 1.73. The smallest absolute Gasteiger partial charge is 0.275 e. The van der Waals surface area contributed by atoms with Gasteiger partial charge in [0.05, 0.1) is 12.4 Å². The molecule has 0 radical (unpaired) electrons. The molecule has 0 aliphatic heterocycles. The SMILES string of the molecule is CCC(C)Nc1cnc(C(=O)Nc2ccc(Cl)cc2)cn1. The largest absolute Gasteiger partial charge is 0.366 e. The highest BCUT2D eigenvalue weighted by Gasteiger charge is 2.09. The molecule has 0 fully saturated rings. The fourth-order valence-electron chi connectivity index (χ4n) is 1.60. The molecule has 1 aromatic heterocycles. The lowest BCUT2D eigenvalue weighted by Gasteiger charge is -2.11. The number of halogens is 1. The molecule has 2 aromatic rings. The van der Waals surface area contributed by atoms with Gasteiger partial charge in [-0.2, -0.15) is 0 Å². The third-order valence-electron chi connectivity index (χ3n) is 2.99. The minimum Gasteiger partial charge on any atom is -0.366 e. The Morgan fingerprint density at radius 3 is 2.52 bits per heavy atom. The van der Waals surface area contributed by atoms with Crippen LogP contribution in [0.4, 0.5) is 11.5 Å². The molecule has 0 spiro atoms. The lowest BCUT2D eigenvalue weighted by atomic mass is 10.2. The first-order valence-corrected chi connectivity index (χ1v) is 7.11. The summed E-state index contributed by atoms with van der Waals surface area (Å²) in [7, 11) is 0. The molecule has 2 N–H and O–H groups in total. The molecular formula is C15H17ClN4O. The van der Waals surface area contributed by atoms with Crippen molar-refractivity contribution in [2.45, 2.75) is 26.3 Å². The van der Waals surface area contributed by atoms with Crippen LogP contribution in [0.5, 0.6) is 0 Å². The highest BCUT2D eigenvalue weighted by Crippen LogP contribution is 2.14. The highest BCUT2D eigenvalue weighted by atomic mass is 35.5. The number of carbonyl (C=O) groups is 1. The van der Waals surface area contributed by atoms with E-state index in [-0.39, 0.29) is 11.6 Å². The molecule has 1 unspecified atom stereocenters. The van der Waals surface area contributed by atoms with Crippen LogP contribution in [0.3, 0.4) is 0 Å². The summed E-state index contributed by atoms with van der Waals surface area (Å²) >= 11 is 5.79. The molecule has 0 saturated heterocycles. The first kappa shape index (κ1) is 15.3. The van der Waals surface area contributed by atoms with Crippen LogP contribution >= 0.6 is 11.6 Å². The number of carbonyl (C=O) groups excluding carboxylic acids is 1. The van der Waals surface area contributed by atoms with E-state index >= 15 is 0 Å². The van der Waals surface area contributed by atoms with Crippen molar-refractivity contribution in [1.29, 1.82) is 0 Å². The summed E-state index contributed by atoms with van der Waals surface area (Å²) in [4.78, 5) is 20.3. The van der Waals surface area contributed by atoms with Crippen LogP contribution in [0.25, 0.3) is 0 Å². The maximum atomic E-state index is 12.0. The molecule has 6 heteroatoms. The number of rotatable bonds is 5. The molecule has 110 valence electrons. The molecule has 21 heavy (non-hydrogen) atoms. The monoisotopic (exact) mass is 304 g/mol. The van der Waals surface area contributed by atoms with Crippen LogP contribution in [0.2, 0.25) is 5.02 Å². The second kappa shape index (κ2) is 7.04. The topological polar surface area (TPSA) is 66.9 Å². The minimum atomic E-state index is -0.306. The molecular weight excluding hydrogens is 288 g/mol. The van der Waals surface area contributed by atoms with Gasteiger partial charge in [0.15, 0.2) is 0 Å². The van der Waals surface area contributed by atoms with Crippen molar-refractivity contribution >= 4 is 29.0 Å². The number of amides is 1. The van der Waals surface area contributed by atoms with E-state index in [1.54, 1.807) is 30.5 Å². The first-order chi connectivity index (χ1) is 10.1. The van der Waals surface area contributed by atoms with Gasteiger partial charge in [0.2, 0.25) is 0 Å². The molecule has 1 aromatic carbocycles. The van der Waals surface area contributed by atoms with E-state index in [1.807, 2.05) is 0 Å². The summed E-state index contributed by atoms with van der Waals surface area (Å²) in [6, 6.07) is 7.19. The Bertz CT molecular complexity index is 598. The van der Waals surface area contributed by atoms with Gasteiger partial charge in [0.25, 0.3) is 5.91 Å². The van der Waals surface area contributed by atoms with Gasteiger partial charge in [0, 0.05) is 16.8 Å². The molecule has 0 aliphatic rings. The van der Waals surface area contributed by atoms with Crippen molar-refractivity contribution in [3.05, 3.63) is 47.4 Å². The van der Waals surface area contributed by atoms with E-state index in [9.17, 15) is 4.79 Å². The summed E-state index contributed by atoms with van der Waals surface area (Å²) in [5.41, 5.74) is 0.924. The molecule has 1 atom stereocenters. The highest BCUT2D eigenvalue weighted by molar-refractivity contribution is 6.30. The van der Waals surface area contributed by atoms with Gasteiger partial charge in [-0.3, -0.25) is 4.79 Å². The Hall–Kier alpha value is -2.14. The molecule has 5 nitrogen and oxygen atoms in total. The molecule has 1 heterocycles. The van der Waals surface area contributed by atoms with Crippen molar-refractivity contribution in [3.8, 4) is 0 Å². The van der Waals surface area contributed by atoms with Gasteiger partial charge in [-0.1, -0.05) is 18.5 Å². The number of aromatic nitrogens is 2. The van der Waals surface area contributed by atoms with E-state index in [2.05, 4.69) is 34.4 Å². The zero-order valence-electron chi connectivity index (χ0n) is 11.9. The quantitative estimate of drug-likeness (QED) is 0.886. The van der Waals surface area contributed by atoms with E-state index in [0.717, 1.165) is 6.42 Å². The summed E-state index contributed by atoms with van der Waals surface area (Å²) in [6.07, 6.45) is 4.00. The summed E-state index contributed by atoms with van der Waals surface area (Å²) in [5, 5.41) is 6.55. The zero-order valence-corrected chi connectivity index (χ0v) is 12.7. The second-order valence-electron chi connectivity index (χ2n) is 4.70. The number of nitrogens with one attached hydrogen (secondary N) is 2. The number of hydrogen-bond acceptors (Lipinski definition) is 4.